The van der Waals surface area contributed by atoms with Gasteiger partial charge in [-0.3, -0.25) is 0 Å². The van der Waals surface area contributed by atoms with Gasteiger partial charge in [-0.2, -0.15) is 0 Å². The number of hydrogen-bond acceptors (Lipinski definition) is 1. The monoisotopic (exact) mass is 131 g/mol. The standard InChI is InChI=1S/C4H13NSi2/c1-3-4(2)7-5-6/h3,5H,7H2,1-2,6H3/b4-3+. The Labute approximate surface area is 50.6 Å². The summed E-state index contributed by atoms with van der Waals surface area (Å²) >= 11 is 0. The van der Waals surface area contributed by atoms with Crippen LogP contribution in [0.2, 0.25) is 0 Å². The lowest BCUT2D eigenvalue weighted by molar-refractivity contribution is 1.50. The highest BCUT2D eigenvalue weighted by Crippen LogP contribution is 1.81. The fourth-order valence-corrected chi connectivity index (χ4v) is 2.82. The first-order valence-corrected chi connectivity index (χ1v) is 4.99. The molecule has 3 heteroatoms. The van der Waals surface area contributed by atoms with E-state index in [-0.39, 0.29) is 9.68 Å². The molecule has 0 aromatic heterocycles. The largest absolute Gasteiger partial charge is 0.368 e. The molecule has 0 saturated heterocycles. The predicted octanol–water partition coefficient (Wildman–Crippen LogP) is -1.14. The van der Waals surface area contributed by atoms with Gasteiger partial charge in [0, 0.05) is 0 Å². The Morgan fingerprint density at radius 3 is 2.57 bits per heavy atom. The third kappa shape index (κ3) is 3.98. The number of hydrogen-bond donors (Lipinski definition) is 1. The highest BCUT2D eigenvalue weighted by Gasteiger charge is 1.79. The van der Waals surface area contributed by atoms with Crippen molar-refractivity contribution in [1.82, 2.24) is 4.65 Å². The van der Waals surface area contributed by atoms with Crippen molar-refractivity contribution in [1.29, 1.82) is 0 Å². The third-order valence-electron chi connectivity index (χ3n) is 0.948. The molecule has 0 aliphatic carbocycles. The lowest BCUT2D eigenvalue weighted by atomic mass is 10.6. The highest BCUT2D eigenvalue weighted by molar-refractivity contribution is 6.49. The van der Waals surface area contributed by atoms with Crippen LogP contribution in [0.1, 0.15) is 13.8 Å². The summed E-state index contributed by atoms with van der Waals surface area (Å²) in [6, 6.07) is 0. The lowest BCUT2D eigenvalue weighted by Crippen LogP contribution is -2.15. The van der Waals surface area contributed by atoms with Gasteiger partial charge in [0.05, 0.1) is 10.4 Å². The first-order chi connectivity index (χ1) is 3.31. The molecule has 0 aliphatic heterocycles. The number of rotatable bonds is 2. The molecular weight excluding hydrogens is 118 g/mol. The molecule has 0 heterocycles. The van der Waals surface area contributed by atoms with Gasteiger partial charge < -0.3 is 4.65 Å². The van der Waals surface area contributed by atoms with Crippen LogP contribution in [0.3, 0.4) is 0 Å². The van der Waals surface area contributed by atoms with Gasteiger partial charge in [-0.05, 0) is 13.8 Å². The van der Waals surface area contributed by atoms with E-state index in [0.29, 0.717) is 0 Å². The van der Waals surface area contributed by atoms with Crippen molar-refractivity contribution in [2.24, 2.45) is 0 Å². The van der Waals surface area contributed by atoms with Gasteiger partial charge in [0.15, 0.2) is 0 Å². The molecule has 0 aliphatic rings. The lowest BCUT2D eigenvalue weighted by Gasteiger charge is -1.92. The van der Waals surface area contributed by atoms with Gasteiger partial charge in [-0.15, -0.1) is 0 Å². The Hall–Kier alpha value is 0.134. The van der Waals surface area contributed by atoms with Crippen LogP contribution in [0.25, 0.3) is 0 Å². The number of allylic oxidation sites excluding steroid dienone is 2. The van der Waals surface area contributed by atoms with Crippen molar-refractivity contribution in [2.45, 2.75) is 13.8 Å². The summed E-state index contributed by atoms with van der Waals surface area (Å²) in [6.07, 6.45) is 2.19. The quantitative estimate of drug-likeness (QED) is 0.467. The van der Waals surface area contributed by atoms with E-state index in [1.165, 1.54) is 0 Å². The summed E-state index contributed by atoms with van der Waals surface area (Å²) in [4.78, 5) is 0. The molecule has 7 heavy (non-hydrogen) atoms. The van der Waals surface area contributed by atoms with Crippen LogP contribution in [0.5, 0.6) is 0 Å². The fraction of sp³-hybridized carbons (Fsp3) is 0.500. The van der Waals surface area contributed by atoms with Gasteiger partial charge in [0.2, 0.25) is 0 Å². The van der Waals surface area contributed by atoms with Crippen molar-refractivity contribution >= 4 is 20.1 Å². The Balaban J connectivity index is 3.17. The maximum Gasteiger partial charge on any atom is 0.112 e. The first-order valence-electron chi connectivity index (χ1n) is 2.57. The van der Waals surface area contributed by atoms with E-state index in [1.807, 2.05) is 0 Å². The van der Waals surface area contributed by atoms with E-state index >= 15 is 0 Å². The fourth-order valence-electron chi connectivity index (χ4n) is 0.381. The van der Waals surface area contributed by atoms with Crippen LogP contribution in [0.15, 0.2) is 11.3 Å². The second-order valence-corrected chi connectivity index (χ2v) is 5.96. The molecule has 0 fully saturated rings. The maximum atomic E-state index is 3.33. The number of nitrogens with one attached hydrogen (secondary N) is 1. The first kappa shape index (κ1) is 7.13. The molecule has 0 bridgehead atoms. The molecule has 0 saturated carbocycles. The summed E-state index contributed by atoms with van der Waals surface area (Å²) in [6.45, 7) is 4.29. The molecule has 1 nitrogen and oxygen atoms in total. The van der Waals surface area contributed by atoms with E-state index in [4.69, 9.17) is 0 Å². The molecular formula is C4H13NSi2. The topological polar surface area (TPSA) is 12.0 Å². The molecule has 0 atom stereocenters. The van der Waals surface area contributed by atoms with E-state index in [2.05, 4.69) is 24.6 Å². The molecule has 1 N–H and O–H groups in total. The molecule has 0 aromatic carbocycles. The van der Waals surface area contributed by atoms with E-state index in [1.54, 1.807) is 5.20 Å². The zero-order chi connectivity index (χ0) is 5.70. The second kappa shape index (κ2) is 4.30. The smallest absolute Gasteiger partial charge is 0.112 e. The van der Waals surface area contributed by atoms with E-state index in [0.717, 1.165) is 10.4 Å². The van der Waals surface area contributed by atoms with Gasteiger partial charge in [-0.25, -0.2) is 0 Å². The van der Waals surface area contributed by atoms with Crippen molar-refractivity contribution in [3.05, 3.63) is 11.3 Å². The Morgan fingerprint density at radius 1 is 1.86 bits per heavy atom. The van der Waals surface area contributed by atoms with Crippen LogP contribution in [0, 0.1) is 0 Å². The summed E-state index contributed by atoms with van der Waals surface area (Å²) in [7, 11) is 1.18. The minimum Gasteiger partial charge on any atom is -0.368 e. The Morgan fingerprint density at radius 2 is 2.43 bits per heavy atom. The molecule has 0 unspecified atom stereocenters. The van der Waals surface area contributed by atoms with Crippen LogP contribution in [-0.4, -0.2) is 20.1 Å². The van der Waals surface area contributed by atoms with Gasteiger partial charge >= 0.3 is 0 Å². The van der Waals surface area contributed by atoms with Crippen LogP contribution < -0.4 is 4.65 Å². The Bertz CT molecular complexity index is 70.1. The van der Waals surface area contributed by atoms with E-state index < -0.39 is 0 Å². The SMILES string of the molecule is C/C=C(\C)[SiH2]N[SiH3]. The molecule has 0 radical (unpaired) electrons. The average Bonchev–Trinajstić information content (AvgIpc) is 1.68. The summed E-state index contributed by atoms with van der Waals surface area (Å²) in [5.41, 5.74) is 0. The van der Waals surface area contributed by atoms with Crippen molar-refractivity contribution < 1.29 is 0 Å². The normalized spacial score (nSPS) is 14.3. The van der Waals surface area contributed by atoms with Gasteiger partial charge in [0.25, 0.3) is 0 Å². The van der Waals surface area contributed by atoms with Gasteiger partial charge in [-0.1, -0.05) is 11.3 Å². The molecule has 0 aromatic rings. The molecule has 0 rings (SSSR count). The second-order valence-electron chi connectivity index (χ2n) is 1.67. The van der Waals surface area contributed by atoms with Crippen LogP contribution >= 0.6 is 0 Å². The third-order valence-corrected chi connectivity index (χ3v) is 3.33. The molecule has 42 valence electrons. The molecule has 0 spiro atoms. The minimum atomic E-state index is 0.0189. The highest BCUT2D eigenvalue weighted by atomic mass is 28.3. The minimum absolute atomic E-state index is 0.0189. The summed E-state index contributed by atoms with van der Waals surface area (Å²) in [5.74, 6) is 0. The van der Waals surface area contributed by atoms with Crippen LogP contribution in [0.4, 0.5) is 0 Å². The summed E-state index contributed by atoms with van der Waals surface area (Å²) in [5, 5.41) is 1.56. The van der Waals surface area contributed by atoms with Crippen molar-refractivity contribution in [2.75, 3.05) is 0 Å². The zero-order valence-electron chi connectivity index (χ0n) is 5.28. The maximum absolute atomic E-state index is 3.33. The predicted molar refractivity (Wildman–Crippen MR) is 41.0 cm³/mol. The summed E-state index contributed by atoms with van der Waals surface area (Å²) < 4.78 is 3.33. The van der Waals surface area contributed by atoms with E-state index in [9.17, 15) is 0 Å². The van der Waals surface area contributed by atoms with Crippen LogP contribution in [-0.2, 0) is 0 Å². The Kier molecular flexibility index (Phi) is 4.38. The van der Waals surface area contributed by atoms with Crippen molar-refractivity contribution in [3.8, 4) is 0 Å². The molecule has 0 amide bonds. The average molecular weight is 131 g/mol. The van der Waals surface area contributed by atoms with Gasteiger partial charge in [0.1, 0.15) is 9.68 Å². The van der Waals surface area contributed by atoms with Crippen molar-refractivity contribution in [3.63, 3.8) is 0 Å². The zero-order valence-corrected chi connectivity index (χ0v) is 8.70.